The van der Waals surface area contributed by atoms with Gasteiger partial charge in [-0.05, 0) is 15.9 Å². The average molecular weight is 289 g/mol. The second-order valence-corrected chi connectivity index (χ2v) is 8.08. The maximum Gasteiger partial charge on any atom is 0.214 e. The van der Waals surface area contributed by atoms with Crippen LogP contribution in [0.25, 0.3) is 11.5 Å². The second-order valence-electron chi connectivity index (χ2n) is 3.22. The highest BCUT2D eigenvalue weighted by Crippen LogP contribution is 2.70. The number of furan rings is 1. The Kier molecular flexibility index (Phi) is 1.03. The molecule has 0 aliphatic carbocycles. The van der Waals surface area contributed by atoms with Gasteiger partial charge in [-0.25, -0.2) is 4.98 Å². The molecule has 70 valence electrons. The lowest BCUT2D eigenvalue weighted by molar-refractivity contribution is 0.590. The SMILES string of the molecule is Nc1nc(-c2oc3c4c2P34=O)c(Br)s1. The van der Waals surface area contributed by atoms with Crippen molar-refractivity contribution >= 4 is 55.7 Å². The van der Waals surface area contributed by atoms with Gasteiger partial charge in [0.1, 0.15) is 9.48 Å². The Hall–Kier alpha value is -0.580. The molecule has 0 amide bonds. The van der Waals surface area contributed by atoms with Gasteiger partial charge in [0.2, 0.25) is 7.14 Å². The maximum atomic E-state index is 11.7. The predicted molar refractivity (Wildman–Crippen MR) is 58.4 cm³/mol. The van der Waals surface area contributed by atoms with E-state index in [4.69, 9.17) is 10.2 Å². The first-order valence-corrected chi connectivity index (χ1v) is 7.16. The fourth-order valence-electron chi connectivity index (χ4n) is 1.72. The quantitative estimate of drug-likeness (QED) is 0.531. The lowest BCUT2D eigenvalue weighted by Crippen LogP contribution is -1.96. The molecule has 1 atom stereocenters. The molecule has 1 unspecified atom stereocenters. The second kappa shape index (κ2) is 1.87. The third kappa shape index (κ3) is 0.601. The van der Waals surface area contributed by atoms with Gasteiger partial charge in [-0.3, -0.25) is 0 Å². The molecule has 3 aliphatic rings. The topological polar surface area (TPSA) is 69.1 Å². The number of rotatable bonds is 1. The normalized spacial score (nSPS) is 24.9. The number of aromatic nitrogens is 1. The van der Waals surface area contributed by atoms with E-state index < -0.39 is 7.14 Å². The van der Waals surface area contributed by atoms with Crippen molar-refractivity contribution in [3.63, 3.8) is 0 Å². The molecule has 2 N–H and O–H groups in total. The van der Waals surface area contributed by atoms with Crippen LogP contribution in [-0.2, 0) is 4.57 Å². The molecule has 2 bridgehead atoms. The smallest absolute Gasteiger partial charge is 0.214 e. The van der Waals surface area contributed by atoms with Crippen molar-refractivity contribution in [3.8, 4) is 11.5 Å². The van der Waals surface area contributed by atoms with Crippen LogP contribution in [0.1, 0.15) is 0 Å². The summed E-state index contributed by atoms with van der Waals surface area (Å²) < 4.78 is 17.9. The molecule has 7 heteroatoms. The highest BCUT2D eigenvalue weighted by atomic mass is 79.9. The maximum absolute atomic E-state index is 11.7. The number of hydrogen-bond donors (Lipinski definition) is 1. The largest absolute Gasteiger partial charge is 0.449 e. The number of nitrogens with two attached hydrogens (primary N) is 1. The van der Waals surface area contributed by atoms with Gasteiger partial charge in [0.15, 0.2) is 16.4 Å². The van der Waals surface area contributed by atoms with E-state index in [-0.39, 0.29) is 0 Å². The highest BCUT2D eigenvalue weighted by Gasteiger charge is 2.75. The average Bonchev–Trinajstić information content (AvgIpc) is 2.73. The van der Waals surface area contributed by atoms with E-state index in [1.54, 1.807) is 0 Å². The summed E-state index contributed by atoms with van der Waals surface area (Å²) in [5.41, 5.74) is 6.94. The fraction of sp³-hybridized carbons (Fsp3) is 0. The molecule has 0 saturated carbocycles. The van der Waals surface area contributed by atoms with Gasteiger partial charge in [0.05, 0.1) is 10.6 Å². The van der Waals surface area contributed by atoms with E-state index in [9.17, 15) is 4.57 Å². The van der Waals surface area contributed by atoms with Crippen LogP contribution < -0.4 is 21.8 Å². The van der Waals surface area contributed by atoms with Crippen molar-refractivity contribution in [2.45, 2.75) is 0 Å². The predicted octanol–water partition coefficient (Wildman–Crippen LogP) is 1.01. The molecule has 2 aromatic heterocycles. The van der Waals surface area contributed by atoms with Crippen LogP contribution in [0.3, 0.4) is 0 Å². The molecule has 0 fully saturated rings. The van der Waals surface area contributed by atoms with E-state index in [0.717, 1.165) is 14.4 Å². The minimum atomic E-state index is -2.13. The molecule has 4 nitrogen and oxygen atoms in total. The van der Waals surface area contributed by atoms with E-state index >= 15 is 0 Å². The molecular weight excluding hydrogens is 287 g/mol. The molecule has 0 spiro atoms. The van der Waals surface area contributed by atoms with Crippen molar-refractivity contribution in [1.29, 1.82) is 0 Å². The molecular formula is C7H2BrN2O2PS. The zero-order chi connectivity index (χ0) is 9.66. The zero-order valence-electron chi connectivity index (χ0n) is 6.57. The minimum Gasteiger partial charge on any atom is -0.449 e. The van der Waals surface area contributed by atoms with Gasteiger partial charge in [-0.2, -0.15) is 0 Å². The number of hydrogen-bond acceptors (Lipinski definition) is 5. The third-order valence-corrected chi connectivity index (χ3v) is 6.56. The Morgan fingerprint density at radius 1 is 1.50 bits per heavy atom. The van der Waals surface area contributed by atoms with Gasteiger partial charge in [0, 0.05) is 0 Å². The molecule has 0 saturated heterocycles. The Morgan fingerprint density at radius 3 is 2.64 bits per heavy atom. The first-order chi connectivity index (χ1) is 6.64. The summed E-state index contributed by atoms with van der Waals surface area (Å²) in [4.78, 5) is 4.13. The Morgan fingerprint density at radius 2 is 2.21 bits per heavy atom. The summed E-state index contributed by atoms with van der Waals surface area (Å²) in [5.74, 6) is 0.651. The third-order valence-electron chi connectivity index (χ3n) is 2.47. The summed E-state index contributed by atoms with van der Waals surface area (Å²) in [6, 6.07) is 0. The van der Waals surface area contributed by atoms with Gasteiger partial charge in [0.25, 0.3) is 0 Å². The fourth-order valence-corrected chi connectivity index (χ4v) is 5.52. The van der Waals surface area contributed by atoms with Crippen molar-refractivity contribution in [2.24, 2.45) is 0 Å². The van der Waals surface area contributed by atoms with Crippen molar-refractivity contribution < 1.29 is 8.98 Å². The number of halogens is 1. The lowest BCUT2D eigenvalue weighted by Gasteiger charge is -1.87. The van der Waals surface area contributed by atoms with Gasteiger partial charge in [-0.1, -0.05) is 11.3 Å². The van der Waals surface area contributed by atoms with E-state index in [1.807, 2.05) is 0 Å². The van der Waals surface area contributed by atoms with Crippen LogP contribution in [0, 0.1) is 0 Å². The highest BCUT2D eigenvalue weighted by molar-refractivity contribution is 9.11. The summed E-state index contributed by atoms with van der Waals surface area (Å²) >= 11 is 4.70. The summed E-state index contributed by atoms with van der Waals surface area (Å²) in [6.07, 6.45) is 0. The standard InChI is InChI=1S/C7H2BrN2O2PS/c8-5-1(10-7(9)14-5)2-3-4-6(12-2)13(3,4)11/h(H2,9,10). The first-order valence-electron chi connectivity index (χ1n) is 3.84. The molecule has 14 heavy (non-hydrogen) atoms. The van der Waals surface area contributed by atoms with Gasteiger partial charge < -0.3 is 14.7 Å². The molecule has 2 aromatic rings. The number of thiazole rings is 1. The molecule has 3 aliphatic heterocycles. The van der Waals surface area contributed by atoms with Crippen LogP contribution in [0.4, 0.5) is 5.13 Å². The van der Waals surface area contributed by atoms with Crippen molar-refractivity contribution in [2.75, 3.05) is 5.73 Å². The Bertz CT molecular complexity index is 650. The van der Waals surface area contributed by atoms with Crippen LogP contribution in [0.5, 0.6) is 0 Å². The van der Waals surface area contributed by atoms with Crippen LogP contribution in [-0.4, -0.2) is 4.98 Å². The minimum absolute atomic E-state index is 0.482. The summed E-state index contributed by atoms with van der Waals surface area (Å²) in [7, 11) is -2.13. The molecule has 0 aromatic carbocycles. The van der Waals surface area contributed by atoms with Crippen LogP contribution >= 0.6 is 34.4 Å². The van der Waals surface area contributed by atoms with E-state index in [1.165, 1.54) is 11.3 Å². The Labute approximate surface area is 90.6 Å². The number of nitrogens with zero attached hydrogens (tertiary/aromatic N) is 1. The molecule has 0 radical (unpaired) electrons. The van der Waals surface area contributed by atoms with Crippen LogP contribution in [0.15, 0.2) is 8.20 Å². The summed E-state index contributed by atoms with van der Waals surface area (Å²) in [5, 5.41) is 2.32. The van der Waals surface area contributed by atoms with Gasteiger partial charge >= 0.3 is 0 Å². The lowest BCUT2D eigenvalue weighted by atomic mass is 10.4. The monoisotopic (exact) mass is 288 g/mol. The van der Waals surface area contributed by atoms with E-state index in [0.29, 0.717) is 22.1 Å². The van der Waals surface area contributed by atoms with Crippen LogP contribution in [0.2, 0.25) is 0 Å². The number of nitrogen functional groups attached to an aromatic ring is 1. The number of fused-ring (bicyclic) bond motifs is 1. The first kappa shape index (κ1) is 7.68. The molecule has 5 rings (SSSR count). The van der Waals surface area contributed by atoms with Gasteiger partial charge in [-0.15, -0.1) is 0 Å². The summed E-state index contributed by atoms with van der Waals surface area (Å²) in [6.45, 7) is 0. The molecule has 5 heterocycles. The number of anilines is 1. The Balaban J connectivity index is 2.00. The van der Waals surface area contributed by atoms with E-state index in [2.05, 4.69) is 20.9 Å². The van der Waals surface area contributed by atoms with Crippen molar-refractivity contribution in [1.82, 2.24) is 4.98 Å². The zero-order valence-corrected chi connectivity index (χ0v) is 9.87. The van der Waals surface area contributed by atoms with Crippen molar-refractivity contribution in [3.05, 3.63) is 3.79 Å².